The lowest BCUT2D eigenvalue weighted by molar-refractivity contribution is -0.113. The Morgan fingerprint density at radius 1 is 1.19 bits per heavy atom. The molecule has 0 saturated carbocycles. The molecule has 1 aliphatic heterocycles. The molecule has 1 aliphatic carbocycles. The molecule has 2 aromatic heterocycles. The van der Waals surface area contributed by atoms with Gasteiger partial charge in [0.25, 0.3) is 5.91 Å². The van der Waals surface area contributed by atoms with E-state index < -0.39 is 12.1 Å². The highest BCUT2D eigenvalue weighted by Crippen LogP contribution is 2.45. The van der Waals surface area contributed by atoms with Gasteiger partial charge in [0.1, 0.15) is 9.88 Å². The van der Waals surface area contributed by atoms with Gasteiger partial charge in [0.05, 0.1) is 18.1 Å². The lowest BCUT2D eigenvalue weighted by Gasteiger charge is -2.24. The first-order valence-corrected chi connectivity index (χ1v) is 14.5. The molecule has 0 saturated heterocycles. The number of hydrogen-bond acceptors (Lipinski definition) is 10. The van der Waals surface area contributed by atoms with Crippen LogP contribution in [0, 0.1) is 6.92 Å². The number of aryl methyl sites for hydroxylation is 2. The van der Waals surface area contributed by atoms with E-state index in [4.69, 9.17) is 9.73 Å². The highest BCUT2D eigenvalue weighted by molar-refractivity contribution is 8.14. The number of amides is 2. The zero-order valence-corrected chi connectivity index (χ0v) is 22.7. The number of thiophene rings is 1. The molecule has 0 bridgehead atoms. The van der Waals surface area contributed by atoms with Crippen molar-refractivity contribution < 1.29 is 19.1 Å². The van der Waals surface area contributed by atoms with E-state index in [1.807, 2.05) is 18.2 Å². The normalized spacial score (nSPS) is 15.7. The topological polar surface area (TPSA) is 122 Å². The lowest BCUT2D eigenvalue weighted by atomic mass is 10.1. The van der Waals surface area contributed by atoms with Crippen molar-refractivity contribution in [1.29, 1.82) is 0 Å². The Morgan fingerprint density at radius 3 is 2.78 bits per heavy atom. The van der Waals surface area contributed by atoms with Gasteiger partial charge in [-0.2, -0.15) is 0 Å². The highest BCUT2D eigenvalue weighted by Gasteiger charge is 2.32. The molecular formula is C25H25N5O4S3. The van der Waals surface area contributed by atoms with E-state index in [1.165, 1.54) is 22.2 Å². The van der Waals surface area contributed by atoms with Crippen LogP contribution in [-0.2, 0) is 22.4 Å². The Hall–Kier alpha value is -3.22. The number of rotatable bonds is 7. The van der Waals surface area contributed by atoms with Gasteiger partial charge in [0.15, 0.2) is 16.5 Å². The number of nitrogens with one attached hydrogen (secondary N) is 3. The Kier molecular flexibility index (Phi) is 7.58. The first-order valence-electron chi connectivity index (χ1n) is 11.8. The summed E-state index contributed by atoms with van der Waals surface area (Å²) in [6.45, 7) is 3.71. The van der Waals surface area contributed by atoms with Gasteiger partial charge in [0.2, 0.25) is 5.91 Å². The number of benzene rings is 1. The zero-order valence-electron chi connectivity index (χ0n) is 20.3. The van der Waals surface area contributed by atoms with Crippen molar-refractivity contribution in [1.82, 2.24) is 10.3 Å². The SMILES string of the molecule is CCOC(=O)c1sc(NC(=O)CSC2=NC(NC(=O)c3ccccc3)c3c(sc4c3CCC4)N2)nc1C. The minimum absolute atomic E-state index is 0.0823. The third-order valence-electron chi connectivity index (χ3n) is 5.85. The minimum Gasteiger partial charge on any atom is -0.462 e. The van der Waals surface area contributed by atoms with Crippen LogP contribution >= 0.6 is 34.4 Å². The molecule has 1 unspecified atom stereocenters. The lowest BCUT2D eigenvalue weighted by Crippen LogP contribution is -2.32. The molecule has 0 fully saturated rings. The number of carbonyl (C=O) groups excluding carboxylic acids is 3. The number of aromatic nitrogens is 1. The van der Waals surface area contributed by atoms with Crippen LogP contribution in [0.4, 0.5) is 10.1 Å². The van der Waals surface area contributed by atoms with E-state index in [0.29, 0.717) is 26.4 Å². The second kappa shape index (κ2) is 11.0. The molecule has 2 amide bonds. The standard InChI is InChI=1S/C25H25N5O4S3/c1-3-34-23(33)19-13(2)26-25(37-19)27-17(31)12-35-24-29-20(28-21(32)14-8-5-4-6-9-14)18-15-10-7-11-16(15)36-22(18)30-24/h4-6,8-9,20H,3,7,10-12H2,1-2H3,(H,28,32)(H,29,30)(H,26,27,31). The molecule has 37 heavy (non-hydrogen) atoms. The van der Waals surface area contributed by atoms with Crippen molar-refractivity contribution >= 4 is 67.5 Å². The Morgan fingerprint density at radius 2 is 2.00 bits per heavy atom. The molecule has 9 nitrogen and oxygen atoms in total. The molecule has 1 aromatic carbocycles. The number of ether oxygens (including phenoxy) is 1. The summed E-state index contributed by atoms with van der Waals surface area (Å²) in [5.74, 6) is -0.837. The maximum atomic E-state index is 12.9. The predicted octanol–water partition coefficient (Wildman–Crippen LogP) is 4.76. The molecule has 3 heterocycles. The van der Waals surface area contributed by atoms with E-state index >= 15 is 0 Å². The summed E-state index contributed by atoms with van der Waals surface area (Å²) in [4.78, 5) is 48.3. The fourth-order valence-electron chi connectivity index (χ4n) is 4.22. The third kappa shape index (κ3) is 5.55. The molecule has 192 valence electrons. The number of carbonyl (C=O) groups is 3. The highest BCUT2D eigenvalue weighted by atomic mass is 32.2. The number of hydrogen-bond donors (Lipinski definition) is 3. The van der Waals surface area contributed by atoms with Gasteiger partial charge in [0, 0.05) is 16.0 Å². The molecule has 3 aromatic rings. The number of nitrogens with zero attached hydrogens (tertiary/aromatic N) is 2. The average Bonchev–Trinajstić information content (AvgIpc) is 3.57. The summed E-state index contributed by atoms with van der Waals surface area (Å²) in [6, 6.07) is 9.06. The van der Waals surface area contributed by atoms with Gasteiger partial charge in [-0.1, -0.05) is 41.3 Å². The van der Waals surface area contributed by atoms with Crippen molar-refractivity contribution in [3.63, 3.8) is 0 Å². The van der Waals surface area contributed by atoms with Crippen molar-refractivity contribution in [2.45, 2.75) is 39.3 Å². The summed E-state index contributed by atoms with van der Waals surface area (Å²) < 4.78 is 5.03. The van der Waals surface area contributed by atoms with E-state index in [1.54, 1.807) is 37.3 Å². The van der Waals surface area contributed by atoms with Crippen LogP contribution in [0.15, 0.2) is 35.3 Å². The second-order valence-corrected chi connectivity index (χ2v) is 11.5. The fourth-order valence-corrected chi connectivity index (χ4v) is 7.18. The van der Waals surface area contributed by atoms with Gasteiger partial charge < -0.3 is 20.7 Å². The number of esters is 1. The summed E-state index contributed by atoms with van der Waals surface area (Å²) >= 11 is 4.03. The van der Waals surface area contributed by atoms with Crippen LogP contribution in [0.5, 0.6) is 0 Å². The Labute approximate surface area is 226 Å². The van der Waals surface area contributed by atoms with Crippen molar-refractivity contribution in [2.24, 2.45) is 4.99 Å². The molecule has 0 radical (unpaired) electrons. The van der Waals surface area contributed by atoms with E-state index in [0.717, 1.165) is 41.2 Å². The smallest absolute Gasteiger partial charge is 0.350 e. The predicted molar refractivity (Wildman–Crippen MR) is 148 cm³/mol. The summed E-state index contributed by atoms with van der Waals surface area (Å²) in [6.07, 6.45) is 2.58. The van der Waals surface area contributed by atoms with Gasteiger partial charge in [-0.15, -0.1) is 11.3 Å². The monoisotopic (exact) mass is 555 g/mol. The first kappa shape index (κ1) is 25.4. The summed E-state index contributed by atoms with van der Waals surface area (Å²) in [5, 5.41) is 11.0. The van der Waals surface area contributed by atoms with Crippen LogP contribution in [0.25, 0.3) is 0 Å². The average molecular weight is 556 g/mol. The Bertz CT molecular complexity index is 1380. The van der Waals surface area contributed by atoms with Crippen LogP contribution < -0.4 is 16.0 Å². The fraction of sp³-hybridized carbons (Fsp3) is 0.320. The molecule has 5 rings (SSSR count). The maximum Gasteiger partial charge on any atom is 0.350 e. The van der Waals surface area contributed by atoms with Gasteiger partial charge >= 0.3 is 5.97 Å². The van der Waals surface area contributed by atoms with Gasteiger partial charge in [-0.05, 0) is 50.8 Å². The molecule has 12 heteroatoms. The van der Waals surface area contributed by atoms with Crippen LogP contribution in [0.1, 0.15) is 61.2 Å². The van der Waals surface area contributed by atoms with Crippen molar-refractivity contribution in [3.05, 3.63) is 62.5 Å². The number of thiazole rings is 1. The number of aliphatic imine (C=N–C) groups is 1. The molecule has 1 atom stereocenters. The maximum absolute atomic E-state index is 12.9. The van der Waals surface area contributed by atoms with Crippen LogP contribution in [-0.4, -0.2) is 40.3 Å². The van der Waals surface area contributed by atoms with Gasteiger partial charge in [-0.3, -0.25) is 9.59 Å². The summed E-state index contributed by atoms with van der Waals surface area (Å²) in [5.41, 5.74) is 3.38. The Balaban J connectivity index is 1.28. The quantitative estimate of drug-likeness (QED) is 0.359. The van der Waals surface area contributed by atoms with Crippen molar-refractivity contribution in [2.75, 3.05) is 23.0 Å². The molecule has 2 aliphatic rings. The number of anilines is 2. The molecule has 3 N–H and O–H groups in total. The first-order chi connectivity index (χ1) is 17.9. The minimum atomic E-state index is -0.527. The zero-order chi connectivity index (χ0) is 25.9. The van der Waals surface area contributed by atoms with E-state index in [2.05, 4.69) is 20.9 Å². The van der Waals surface area contributed by atoms with Crippen LogP contribution in [0.3, 0.4) is 0 Å². The molecular weight excluding hydrogens is 531 g/mol. The number of amidine groups is 1. The number of thioether (sulfide) groups is 1. The van der Waals surface area contributed by atoms with Gasteiger partial charge in [-0.25, -0.2) is 14.8 Å². The molecule has 0 spiro atoms. The van der Waals surface area contributed by atoms with E-state index in [-0.39, 0.29) is 24.2 Å². The number of fused-ring (bicyclic) bond motifs is 3. The largest absolute Gasteiger partial charge is 0.462 e. The summed E-state index contributed by atoms with van der Waals surface area (Å²) in [7, 11) is 0. The van der Waals surface area contributed by atoms with E-state index in [9.17, 15) is 14.4 Å². The van der Waals surface area contributed by atoms with Crippen molar-refractivity contribution in [3.8, 4) is 0 Å². The van der Waals surface area contributed by atoms with Crippen LogP contribution in [0.2, 0.25) is 0 Å². The second-order valence-electron chi connectivity index (χ2n) is 8.39. The third-order valence-corrected chi connectivity index (χ3v) is 9.01.